The van der Waals surface area contributed by atoms with Crippen LogP contribution in [0.3, 0.4) is 0 Å². The minimum atomic E-state index is -0.830. The summed E-state index contributed by atoms with van der Waals surface area (Å²) in [6, 6.07) is 8.92. The average molecular weight is 357 g/mol. The molecule has 2 aromatic rings. The van der Waals surface area contributed by atoms with Crippen LogP contribution in [0.25, 0.3) is 0 Å². The largest absolute Gasteiger partial charge is 0.501 e. The number of aromatic amines is 1. The van der Waals surface area contributed by atoms with Gasteiger partial charge in [0.05, 0.1) is 6.54 Å². The highest BCUT2D eigenvalue weighted by atomic mass is 16.3. The molecule has 1 aliphatic rings. The van der Waals surface area contributed by atoms with Gasteiger partial charge in [-0.15, -0.1) is 0 Å². The quantitative estimate of drug-likeness (QED) is 0.628. The highest BCUT2D eigenvalue weighted by Gasteiger charge is 2.25. The van der Waals surface area contributed by atoms with Crippen LogP contribution in [0.15, 0.2) is 35.1 Å². The fraction of sp³-hybridized carbons (Fsp3) is 0.294. The maximum Gasteiger partial charge on any atom is 0.295 e. The van der Waals surface area contributed by atoms with Gasteiger partial charge < -0.3 is 15.3 Å². The molecule has 1 aliphatic heterocycles. The van der Waals surface area contributed by atoms with Crippen molar-refractivity contribution in [1.29, 1.82) is 0 Å². The van der Waals surface area contributed by atoms with E-state index in [0.29, 0.717) is 32.6 Å². The van der Waals surface area contributed by atoms with Gasteiger partial charge in [-0.2, -0.15) is 0 Å². The molecule has 0 aliphatic carbocycles. The number of nitrogens with one attached hydrogen (secondary N) is 2. The Balaban J connectivity index is 1.90. The monoisotopic (exact) mass is 357 g/mol. The number of benzene rings is 1. The second-order valence-corrected chi connectivity index (χ2v) is 5.85. The first-order chi connectivity index (χ1) is 12.6. The number of carbonyl (C=O) groups excluding carboxylic acids is 2. The van der Waals surface area contributed by atoms with Crippen molar-refractivity contribution in [3.8, 4) is 5.75 Å². The van der Waals surface area contributed by atoms with E-state index in [1.54, 1.807) is 29.2 Å². The Morgan fingerprint density at radius 1 is 1.27 bits per heavy atom. The molecule has 9 nitrogen and oxygen atoms in total. The zero-order valence-electron chi connectivity index (χ0n) is 14.0. The Morgan fingerprint density at radius 3 is 2.62 bits per heavy atom. The van der Waals surface area contributed by atoms with Gasteiger partial charge in [0.2, 0.25) is 18.1 Å². The Labute approximate surface area is 149 Å². The lowest BCUT2D eigenvalue weighted by Gasteiger charge is -2.28. The van der Waals surface area contributed by atoms with Crippen molar-refractivity contribution in [1.82, 2.24) is 20.2 Å². The number of anilines is 1. The first-order valence-corrected chi connectivity index (χ1v) is 8.19. The molecule has 0 atom stereocenters. The number of rotatable bonds is 5. The summed E-state index contributed by atoms with van der Waals surface area (Å²) >= 11 is 0. The number of carbonyl (C=O) groups is 2. The van der Waals surface area contributed by atoms with Crippen LogP contribution in [0.5, 0.6) is 5.75 Å². The third kappa shape index (κ3) is 3.72. The molecule has 1 aromatic carbocycles. The zero-order valence-corrected chi connectivity index (χ0v) is 14.0. The number of hydrogen-bond donors (Lipinski definition) is 3. The van der Waals surface area contributed by atoms with E-state index in [1.165, 1.54) is 0 Å². The fourth-order valence-corrected chi connectivity index (χ4v) is 2.70. The summed E-state index contributed by atoms with van der Waals surface area (Å²) in [6.07, 6.45) is 0.363. The number of nitrogens with zero attached hydrogens (tertiary/aromatic N) is 3. The number of aromatic nitrogens is 2. The minimum absolute atomic E-state index is 0.0139. The Kier molecular flexibility index (Phi) is 5.28. The Morgan fingerprint density at radius 2 is 1.96 bits per heavy atom. The molecule has 0 unspecified atom stereocenters. The van der Waals surface area contributed by atoms with Gasteiger partial charge in [-0.3, -0.25) is 24.3 Å². The highest BCUT2D eigenvalue weighted by molar-refractivity contribution is 6.00. The van der Waals surface area contributed by atoms with Gasteiger partial charge in [0.1, 0.15) is 0 Å². The molecule has 0 bridgehead atoms. The number of H-pyrrole nitrogens is 1. The molecule has 1 aromatic heterocycles. The zero-order chi connectivity index (χ0) is 18.5. The second-order valence-electron chi connectivity index (χ2n) is 5.85. The van der Waals surface area contributed by atoms with Gasteiger partial charge >= 0.3 is 0 Å². The lowest BCUT2D eigenvalue weighted by molar-refractivity contribution is -0.116. The lowest BCUT2D eigenvalue weighted by atomic mass is 10.2. The smallest absolute Gasteiger partial charge is 0.295 e. The molecule has 2 amide bonds. The predicted molar refractivity (Wildman–Crippen MR) is 94.0 cm³/mol. The first kappa shape index (κ1) is 17.6. The predicted octanol–water partition coefficient (Wildman–Crippen LogP) is -0.316. The molecule has 3 N–H and O–H groups in total. The van der Waals surface area contributed by atoms with E-state index in [0.717, 1.165) is 10.5 Å². The van der Waals surface area contributed by atoms with Crippen LogP contribution < -0.4 is 15.8 Å². The van der Waals surface area contributed by atoms with Gasteiger partial charge in [-0.1, -0.05) is 30.3 Å². The standard InChI is InChI=1S/C17H19N5O4/c23-11-22(10-12-4-2-1-3-5-12)16(26)13-14(24)15(25)20-17(19-13)21-8-6-18-7-9-21/h1-5,11,18,24H,6-10H2,(H,19,20,25). The molecule has 9 heteroatoms. The van der Waals surface area contributed by atoms with Crippen LogP contribution in [-0.4, -0.2) is 58.5 Å². The fourth-order valence-electron chi connectivity index (χ4n) is 2.70. The van der Waals surface area contributed by atoms with E-state index in [9.17, 15) is 19.5 Å². The number of amides is 2. The van der Waals surface area contributed by atoms with Crippen molar-refractivity contribution in [2.75, 3.05) is 31.1 Å². The van der Waals surface area contributed by atoms with Crippen molar-refractivity contribution in [2.45, 2.75) is 6.54 Å². The van der Waals surface area contributed by atoms with Gasteiger partial charge in [-0.05, 0) is 5.56 Å². The molecule has 0 spiro atoms. The molecule has 0 saturated carbocycles. The average Bonchev–Trinajstić information content (AvgIpc) is 2.69. The van der Waals surface area contributed by atoms with E-state index in [4.69, 9.17) is 0 Å². The molecular weight excluding hydrogens is 338 g/mol. The molecule has 2 heterocycles. The van der Waals surface area contributed by atoms with Crippen LogP contribution in [0.2, 0.25) is 0 Å². The van der Waals surface area contributed by atoms with E-state index in [2.05, 4.69) is 15.3 Å². The maximum atomic E-state index is 12.7. The van der Waals surface area contributed by atoms with Crippen molar-refractivity contribution in [2.24, 2.45) is 0 Å². The van der Waals surface area contributed by atoms with Crippen LogP contribution in [-0.2, 0) is 11.3 Å². The van der Waals surface area contributed by atoms with Gasteiger partial charge in [0.15, 0.2) is 5.69 Å². The molecular formula is C17H19N5O4. The van der Waals surface area contributed by atoms with Crippen molar-refractivity contribution >= 4 is 18.3 Å². The lowest BCUT2D eigenvalue weighted by Crippen LogP contribution is -2.45. The molecule has 26 heavy (non-hydrogen) atoms. The Bertz CT molecular complexity index is 846. The minimum Gasteiger partial charge on any atom is -0.501 e. The third-order valence-electron chi connectivity index (χ3n) is 4.09. The van der Waals surface area contributed by atoms with Gasteiger partial charge in [0.25, 0.3) is 11.5 Å². The van der Waals surface area contributed by atoms with Crippen molar-refractivity contribution < 1.29 is 14.7 Å². The topological polar surface area (TPSA) is 119 Å². The number of piperazine rings is 1. The molecule has 136 valence electrons. The molecule has 1 fully saturated rings. The van der Waals surface area contributed by atoms with E-state index < -0.39 is 22.9 Å². The summed E-state index contributed by atoms with van der Waals surface area (Å²) in [6.45, 7) is 2.64. The molecule has 3 rings (SSSR count). The van der Waals surface area contributed by atoms with Gasteiger partial charge in [0, 0.05) is 26.2 Å². The maximum absolute atomic E-state index is 12.7. The van der Waals surface area contributed by atoms with E-state index in [-0.39, 0.29) is 12.5 Å². The van der Waals surface area contributed by atoms with Crippen LogP contribution in [0.4, 0.5) is 5.95 Å². The van der Waals surface area contributed by atoms with Gasteiger partial charge in [-0.25, -0.2) is 4.98 Å². The van der Waals surface area contributed by atoms with Crippen LogP contribution in [0.1, 0.15) is 16.1 Å². The molecule has 0 radical (unpaired) electrons. The second kappa shape index (κ2) is 7.79. The normalized spacial score (nSPS) is 14.1. The Hall–Kier alpha value is -3.20. The summed E-state index contributed by atoms with van der Waals surface area (Å²) in [4.78, 5) is 45.4. The summed E-state index contributed by atoms with van der Waals surface area (Å²) in [7, 11) is 0. The van der Waals surface area contributed by atoms with Crippen molar-refractivity contribution in [3.63, 3.8) is 0 Å². The van der Waals surface area contributed by atoms with Crippen LogP contribution in [0, 0.1) is 0 Å². The number of imide groups is 1. The highest BCUT2D eigenvalue weighted by Crippen LogP contribution is 2.16. The number of aromatic hydroxyl groups is 1. The number of hydrogen-bond acceptors (Lipinski definition) is 7. The van der Waals surface area contributed by atoms with E-state index in [1.807, 2.05) is 6.07 Å². The summed E-state index contributed by atoms with van der Waals surface area (Å²) in [5.41, 5.74) is -0.521. The summed E-state index contributed by atoms with van der Waals surface area (Å²) in [5, 5.41) is 13.2. The summed E-state index contributed by atoms with van der Waals surface area (Å²) < 4.78 is 0. The summed E-state index contributed by atoms with van der Waals surface area (Å²) in [5.74, 6) is -1.43. The first-order valence-electron chi connectivity index (χ1n) is 8.19. The third-order valence-corrected chi connectivity index (χ3v) is 4.09. The van der Waals surface area contributed by atoms with Crippen molar-refractivity contribution in [3.05, 3.63) is 51.9 Å². The van der Waals surface area contributed by atoms with Crippen LogP contribution >= 0.6 is 0 Å². The SMILES string of the molecule is O=CN(Cc1ccccc1)C(=O)c1nc(N2CCNCC2)[nH]c(=O)c1O. The van der Waals surface area contributed by atoms with E-state index >= 15 is 0 Å². The molecule has 1 saturated heterocycles.